The molecule has 0 bridgehead atoms. The van der Waals surface area contributed by atoms with E-state index in [4.69, 9.17) is 14.2 Å². The van der Waals surface area contributed by atoms with Crippen LogP contribution in [0.3, 0.4) is 0 Å². The number of nitrogens with zero attached hydrogens (tertiary/aromatic N) is 4. The second-order valence-corrected chi connectivity index (χ2v) is 10.1. The number of hydrogen-bond acceptors (Lipinski definition) is 11. The Morgan fingerprint density at radius 2 is 1.61 bits per heavy atom. The van der Waals surface area contributed by atoms with Crippen molar-refractivity contribution in [2.75, 3.05) is 0 Å². The van der Waals surface area contributed by atoms with Crippen molar-refractivity contribution < 1.29 is 38.1 Å². The number of alkyl halides is 1. The zero-order chi connectivity index (χ0) is 28.9. The van der Waals surface area contributed by atoms with Gasteiger partial charge < -0.3 is 24.6 Å². The van der Waals surface area contributed by atoms with Crippen molar-refractivity contribution in [2.45, 2.75) is 50.3 Å². The van der Waals surface area contributed by atoms with E-state index in [0.717, 1.165) is 4.68 Å². The summed E-state index contributed by atoms with van der Waals surface area (Å²) in [4.78, 5) is 42.2. The molecule has 6 rings (SSSR count). The van der Waals surface area contributed by atoms with Crippen molar-refractivity contribution in [2.24, 2.45) is 10.9 Å². The number of amides is 1. The normalized spacial score (nSPS) is 27.6. The van der Waals surface area contributed by atoms with Crippen molar-refractivity contribution in [1.82, 2.24) is 25.6 Å². The molecule has 41 heavy (non-hydrogen) atoms. The first-order chi connectivity index (χ1) is 19.7. The van der Waals surface area contributed by atoms with E-state index in [9.17, 15) is 19.5 Å². The maximum Gasteiger partial charge on any atom is 0.338 e. The van der Waals surface area contributed by atoms with Gasteiger partial charge in [-0.15, -0.1) is 5.10 Å². The summed E-state index contributed by atoms with van der Waals surface area (Å²) in [5.41, 5.74) is -2.06. The Kier molecular flexibility index (Phi) is 6.50. The molecule has 3 aromatic rings. The molecule has 2 aliphatic heterocycles. The van der Waals surface area contributed by atoms with Crippen LogP contribution in [0, 0.1) is 5.92 Å². The Morgan fingerprint density at radius 3 is 2.20 bits per heavy atom. The Hall–Kier alpha value is -4.69. The van der Waals surface area contributed by atoms with E-state index in [1.54, 1.807) is 50.2 Å². The van der Waals surface area contributed by atoms with E-state index in [2.05, 4.69) is 25.9 Å². The molecule has 3 aliphatic rings. The van der Waals surface area contributed by atoms with Crippen molar-refractivity contribution in [3.63, 3.8) is 0 Å². The lowest BCUT2D eigenvalue weighted by molar-refractivity contribution is -0.122. The minimum Gasteiger partial charge on any atom is -0.452 e. The molecule has 13 nitrogen and oxygen atoms in total. The van der Waals surface area contributed by atoms with Gasteiger partial charge in [-0.3, -0.25) is 10.1 Å². The number of carbonyl (C=O) groups excluding carboxylic acids is 3. The number of carbonyl (C=O) groups is 3. The number of fused-ring (bicyclic) bond motifs is 2. The van der Waals surface area contributed by atoms with Crippen LogP contribution in [0.25, 0.3) is 0 Å². The number of aliphatic hydroxyl groups is 1. The molecule has 0 radical (unpaired) electrons. The molecular formula is C27H25FN6O7. The SMILES string of the molecule is CC(C)C(=O)NC1=Nc2c(nnn2[C@@H]2O[C@@H]3C(OC(=O)c4ccccc4)[C@]3(F)[C@H]2OC(=O)c2ccccc2)C(O)N1. The van der Waals surface area contributed by atoms with E-state index in [1.165, 1.54) is 24.3 Å². The molecule has 0 spiro atoms. The highest BCUT2D eigenvalue weighted by Crippen LogP contribution is 2.60. The summed E-state index contributed by atoms with van der Waals surface area (Å²) in [5, 5.41) is 23.6. The van der Waals surface area contributed by atoms with Gasteiger partial charge in [-0.25, -0.2) is 14.0 Å². The lowest BCUT2D eigenvalue weighted by Crippen LogP contribution is -2.45. The summed E-state index contributed by atoms with van der Waals surface area (Å²) in [6.07, 6.45) is -7.09. The quantitative estimate of drug-likeness (QED) is 0.375. The van der Waals surface area contributed by atoms with E-state index in [1.807, 2.05) is 0 Å². The second-order valence-electron chi connectivity index (χ2n) is 10.1. The van der Waals surface area contributed by atoms with Gasteiger partial charge in [0.05, 0.1) is 11.1 Å². The number of aliphatic imine (C=N–C) groups is 1. The summed E-state index contributed by atoms with van der Waals surface area (Å²) in [5.74, 6) is -2.50. The summed E-state index contributed by atoms with van der Waals surface area (Å²) < 4.78 is 34.6. The van der Waals surface area contributed by atoms with Gasteiger partial charge in [-0.1, -0.05) is 55.5 Å². The molecule has 2 unspecified atom stereocenters. The number of hydrogen-bond donors (Lipinski definition) is 3. The number of rotatable bonds is 6. The fourth-order valence-electron chi connectivity index (χ4n) is 4.68. The Morgan fingerprint density at radius 1 is 1.02 bits per heavy atom. The van der Waals surface area contributed by atoms with Crippen molar-refractivity contribution >= 4 is 29.6 Å². The summed E-state index contributed by atoms with van der Waals surface area (Å²) in [6.45, 7) is 3.36. The number of ether oxygens (including phenoxy) is 3. The number of guanidine groups is 1. The van der Waals surface area contributed by atoms with Crippen molar-refractivity contribution in [1.29, 1.82) is 0 Å². The van der Waals surface area contributed by atoms with E-state index >= 15 is 4.39 Å². The van der Waals surface area contributed by atoms with Crippen LogP contribution in [-0.4, -0.2) is 67.9 Å². The molecule has 14 heteroatoms. The van der Waals surface area contributed by atoms with Crippen LogP contribution < -0.4 is 10.6 Å². The fourth-order valence-corrected chi connectivity index (χ4v) is 4.68. The standard InChI is InChI=1S/C27H25FN6O7/c1-13(2)21(35)30-26-29-20-16(22(36)31-26)32-33-34(20)23-19(41-25(38)15-11-7-4-8-12-15)27(28)17(39-23)18(27)40-24(37)14-9-5-3-6-10-14/h3-13,17-19,22-23,36H,1-2H3,(H2,29,30,31,35)/t17-,18?,19+,22?,23-,27+/m1/s1. The third-order valence-electron chi connectivity index (χ3n) is 6.96. The van der Waals surface area contributed by atoms with Gasteiger partial charge in [-0.05, 0) is 24.3 Å². The highest BCUT2D eigenvalue weighted by Gasteiger charge is 2.83. The van der Waals surface area contributed by atoms with E-state index < -0.39 is 48.4 Å². The molecule has 212 valence electrons. The number of halogens is 1. The molecule has 3 N–H and O–H groups in total. The van der Waals surface area contributed by atoms with Crippen LogP contribution in [0.15, 0.2) is 65.7 Å². The topological polar surface area (TPSA) is 166 Å². The van der Waals surface area contributed by atoms with Crippen molar-refractivity contribution in [3.8, 4) is 0 Å². The Labute approximate surface area is 232 Å². The second kappa shape index (κ2) is 10.1. The molecular weight excluding hydrogens is 539 g/mol. The molecule has 1 saturated carbocycles. The Bertz CT molecular complexity index is 1530. The zero-order valence-corrected chi connectivity index (χ0v) is 21.8. The first kappa shape index (κ1) is 26.5. The van der Waals surface area contributed by atoms with E-state index in [0.29, 0.717) is 0 Å². The Balaban J connectivity index is 1.31. The van der Waals surface area contributed by atoms with E-state index in [-0.39, 0.29) is 40.4 Å². The average Bonchev–Trinajstić information content (AvgIpc) is 3.23. The molecule has 1 amide bonds. The maximum atomic E-state index is 16.6. The molecule has 1 aromatic heterocycles. The van der Waals surface area contributed by atoms with Crippen LogP contribution in [0.1, 0.15) is 52.7 Å². The van der Waals surface area contributed by atoms with Crippen LogP contribution in [0.2, 0.25) is 0 Å². The predicted octanol–water partition coefficient (Wildman–Crippen LogP) is 1.70. The van der Waals surface area contributed by atoms with Gasteiger partial charge in [0.15, 0.2) is 36.2 Å². The third kappa shape index (κ3) is 4.60. The van der Waals surface area contributed by atoms with Gasteiger partial charge in [-0.2, -0.15) is 9.67 Å². The minimum absolute atomic E-state index is 0.0233. The predicted molar refractivity (Wildman–Crippen MR) is 137 cm³/mol. The monoisotopic (exact) mass is 564 g/mol. The number of aromatic nitrogens is 3. The molecule has 2 fully saturated rings. The summed E-state index contributed by atoms with van der Waals surface area (Å²) in [7, 11) is 0. The number of nitrogens with one attached hydrogen (secondary N) is 2. The van der Waals surface area contributed by atoms with Crippen LogP contribution in [-0.2, 0) is 19.0 Å². The highest BCUT2D eigenvalue weighted by molar-refractivity contribution is 5.99. The third-order valence-corrected chi connectivity index (χ3v) is 6.96. The molecule has 1 aliphatic carbocycles. The van der Waals surface area contributed by atoms with Gasteiger partial charge in [0.1, 0.15) is 6.10 Å². The summed E-state index contributed by atoms with van der Waals surface area (Å²) in [6, 6.07) is 16.0. The lowest BCUT2D eigenvalue weighted by Gasteiger charge is -2.27. The molecule has 6 atom stereocenters. The fraction of sp³-hybridized carbons (Fsp3) is 0.333. The number of benzene rings is 2. The van der Waals surface area contributed by atoms with Crippen molar-refractivity contribution in [3.05, 3.63) is 77.5 Å². The maximum absolute atomic E-state index is 16.6. The summed E-state index contributed by atoms with van der Waals surface area (Å²) >= 11 is 0. The number of esters is 2. The zero-order valence-electron chi connectivity index (χ0n) is 21.8. The molecule has 2 aromatic carbocycles. The lowest BCUT2D eigenvalue weighted by atomic mass is 10.1. The first-order valence-corrected chi connectivity index (χ1v) is 12.8. The molecule has 1 saturated heterocycles. The number of aliphatic hydroxyl groups excluding tert-OH is 1. The smallest absolute Gasteiger partial charge is 0.338 e. The van der Waals surface area contributed by atoms with Gasteiger partial charge in [0.25, 0.3) is 0 Å². The molecule has 3 heterocycles. The average molecular weight is 565 g/mol. The van der Waals surface area contributed by atoms with Gasteiger partial charge in [0.2, 0.25) is 17.5 Å². The minimum atomic E-state index is -2.41. The van der Waals surface area contributed by atoms with Crippen LogP contribution >= 0.6 is 0 Å². The largest absolute Gasteiger partial charge is 0.452 e. The van der Waals surface area contributed by atoms with Crippen LogP contribution in [0.4, 0.5) is 10.2 Å². The van der Waals surface area contributed by atoms with Crippen LogP contribution in [0.5, 0.6) is 0 Å². The van der Waals surface area contributed by atoms with Gasteiger partial charge in [0, 0.05) is 5.92 Å². The van der Waals surface area contributed by atoms with Gasteiger partial charge >= 0.3 is 11.9 Å². The highest BCUT2D eigenvalue weighted by atomic mass is 19.1. The first-order valence-electron chi connectivity index (χ1n) is 12.8.